The SMILES string of the molecule is NC(=O)C1CCN(C(=O)CCc2nc(-c3ccc(-c4ccccc4)cc3)no2)CC1. The first-order valence-electron chi connectivity index (χ1n) is 10.2. The van der Waals surface area contributed by atoms with Crippen LogP contribution in [0.15, 0.2) is 59.1 Å². The second-order valence-corrected chi connectivity index (χ2v) is 7.51. The Morgan fingerprint density at radius 3 is 2.27 bits per heavy atom. The lowest BCUT2D eigenvalue weighted by atomic mass is 9.96. The number of likely N-dealkylation sites (tertiary alicyclic amines) is 1. The number of nitrogens with zero attached hydrogens (tertiary/aromatic N) is 3. The van der Waals surface area contributed by atoms with Crippen molar-refractivity contribution in [3.63, 3.8) is 0 Å². The van der Waals surface area contributed by atoms with Crippen LogP contribution in [0, 0.1) is 5.92 Å². The van der Waals surface area contributed by atoms with Gasteiger partial charge >= 0.3 is 0 Å². The van der Waals surface area contributed by atoms with Gasteiger partial charge in [-0.25, -0.2) is 0 Å². The summed E-state index contributed by atoms with van der Waals surface area (Å²) < 4.78 is 5.33. The number of carbonyl (C=O) groups is 2. The Kier molecular flexibility index (Phi) is 5.88. The number of carbonyl (C=O) groups excluding carboxylic acids is 2. The minimum atomic E-state index is -0.280. The predicted molar refractivity (Wildman–Crippen MR) is 112 cm³/mol. The molecule has 1 fully saturated rings. The first-order valence-corrected chi connectivity index (χ1v) is 10.2. The van der Waals surface area contributed by atoms with E-state index in [1.54, 1.807) is 4.90 Å². The van der Waals surface area contributed by atoms with Gasteiger partial charge < -0.3 is 15.2 Å². The van der Waals surface area contributed by atoms with Crippen molar-refractivity contribution >= 4 is 11.8 Å². The molecule has 2 amide bonds. The summed E-state index contributed by atoms with van der Waals surface area (Å²) in [7, 11) is 0. The Bertz CT molecular complexity index is 1010. The molecule has 0 radical (unpaired) electrons. The zero-order valence-corrected chi connectivity index (χ0v) is 16.7. The van der Waals surface area contributed by atoms with Crippen LogP contribution in [0.5, 0.6) is 0 Å². The fourth-order valence-corrected chi connectivity index (χ4v) is 3.70. The molecule has 1 aliphatic heterocycles. The number of hydrogen-bond acceptors (Lipinski definition) is 5. The van der Waals surface area contributed by atoms with Gasteiger partial charge in [0.1, 0.15) is 0 Å². The number of benzene rings is 2. The molecule has 4 rings (SSSR count). The molecule has 2 N–H and O–H groups in total. The van der Waals surface area contributed by atoms with Crippen LogP contribution in [0.2, 0.25) is 0 Å². The number of aromatic nitrogens is 2. The number of aryl methyl sites for hydroxylation is 1. The smallest absolute Gasteiger partial charge is 0.227 e. The van der Waals surface area contributed by atoms with Gasteiger partial charge in [-0.3, -0.25) is 9.59 Å². The number of piperidine rings is 1. The molecule has 0 saturated carbocycles. The summed E-state index contributed by atoms with van der Waals surface area (Å²) in [5.74, 6) is 0.583. The summed E-state index contributed by atoms with van der Waals surface area (Å²) in [6, 6.07) is 18.1. The maximum absolute atomic E-state index is 12.4. The van der Waals surface area contributed by atoms with Crippen LogP contribution >= 0.6 is 0 Å². The fourth-order valence-electron chi connectivity index (χ4n) is 3.70. The Morgan fingerprint density at radius 2 is 1.60 bits per heavy atom. The number of primary amides is 1. The molecule has 1 aliphatic rings. The highest BCUT2D eigenvalue weighted by Gasteiger charge is 2.25. The molecule has 0 bridgehead atoms. The monoisotopic (exact) mass is 404 g/mol. The molecule has 0 atom stereocenters. The molecule has 2 heterocycles. The van der Waals surface area contributed by atoms with Crippen molar-refractivity contribution in [2.45, 2.75) is 25.7 Å². The molecule has 2 aromatic carbocycles. The second kappa shape index (κ2) is 8.90. The van der Waals surface area contributed by atoms with Gasteiger partial charge in [-0.1, -0.05) is 59.8 Å². The Labute approximate surface area is 174 Å². The third-order valence-corrected chi connectivity index (χ3v) is 5.52. The van der Waals surface area contributed by atoms with Crippen LogP contribution in [-0.4, -0.2) is 39.9 Å². The quantitative estimate of drug-likeness (QED) is 0.680. The summed E-state index contributed by atoms with van der Waals surface area (Å²) >= 11 is 0. The maximum atomic E-state index is 12.4. The molecule has 7 heteroatoms. The molecular formula is C23H24N4O3. The Morgan fingerprint density at radius 1 is 0.967 bits per heavy atom. The minimum absolute atomic E-state index is 0.0323. The molecule has 154 valence electrons. The normalized spacial score (nSPS) is 14.6. The van der Waals surface area contributed by atoms with Crippen molar-refractivity contribution in [2.24, 2.45) is 11.7 Å². The standard InChI is InChI=1S/C23H24N4O3/c24-22(29)18-12-14-27(15-13-18)21(28)11-10-20-25-23(26-30-20)19-8-6-17(7-9-19)16-4-2-1-3-5-16/h1-9,18H,10-15H2,(H2,24,29). The Hall–Kier alpha value is -3.48. The zero-order chi connectivity index (χ0) is 20.9. The molecule has 7 nitrogen and oxygen atoms in total. The van der Waals surface area contributed by atoms with Gasteiger partial charge in [0.25, 0.3) is 0 Å². The largest absolute Gasteiger partial charge is 0.369 e. The summed E-state index contributed by atoms with van der Waals surface area (Å²) in [5, 5.41) is 4.05. The fraction of sp³-hybridized carbons (Fsp3) is 0.304. The third kappa shape index (κ3) is 4.56. The van der Waals surface area contributed by atoms with Gasteiger partial charge in [0.15, 0.2) is 0 Å². The van der Waals surface area contributed by atoms with E-state index in [0.717, 1.165) is 16.7 Å². The van der Waals surface area contributed by atoms with Gasteiger partial charge in [0, 0.05) is 37.4 Å². The van der Waals surface area contributed by atoms with Crippen LogP contribution in [-0.2, 0) is 16.0 Å². The summed E-state index contributed by atoms with van der Waals surface area (Å²) in [6.07, 6.45) is 1.95. The minimum Gasteiger partial charge on any atom is -0.369 e. The summed E-state index contributed by atoms with van der Waals surface area (Å²) in [5.41, 5.74) is 8.48. The molecule has 1 saturated heterocycles. The van der Waals surface area contributed by atoms with E-state index in [1.165, 1.54) is 0 Å². The second-order valence-electron chi connectivity index (χ2n) is 7.51. The summed E-state index contributed by atoms with van der Waals surface area (Å²) in [4.78, 5) is 29.9. The van der Waals surface area contributed by atoms with Gasteiger partial charge in [0.2, 0.25) is 23.5 Å². The van der Waals surface area contributed by atoms with Crippen molar-refractivity contribution in [3.8, 4) is 22.5 Å². The lowest BCUT2D eigenvalue weighted by Crippen LogP contribution is -2.41. The van der Waals surface area contributed by atoms with Gasteiger partial charge in [-0.2, -0.15) is 4.98 Å². The van der Waals surface area contributed by atoms with Crippen molar-refractivity contribution < 1.29 is 14.1 Å². The highest BCUT2D eigenvalue weighted by Crippen LogP contribution is 2.23. The highest BCUT2D eigenvalue weighted by atomic mass is 16.5. The molecule has 3 aromatic rings. The van der Waals surface area contributed by atoms with Crippen molar-refractivity contribution in [2.75, 3.05) is 13.1 Å². The molecule has 0 aliphatic carbocycles. The van der Waals surface area contributed by atoms with E-state index in [2.05, 4.69) is 22.3 Å². The molecule has 1 aromatic heterocycles. The van der Waals surface area contributed by atoms with Crippen LogP contribution in [0.1, 0.15) is 25.2 Å². The van der Waals surface area contributed by atoms with E-state index in [-0.39, 0.29) is 17.7 Å². The van der Waals surface area contributed by atoms with Crippen LogP contribution in [0.25, 0.3) is 22.5 Å². The average molecular weight is 404 g/mol. The van der Waals surface area contributed by atoms with E-state index in [9.17, 15) is 9.59 Å². The Balaban J connectivity index is 1.32. The molecule has 0 spiro atoms. The van der Waals surface area contributed by atoms with Crippen LogP contribution in [0.4, 0.5) is 0 Å². The van der Waals surface area contributed by atoms with Crippen LogP contribution < -0.4 is 5.73 Å². The molecular weight excluding hydrogens is 380 g/mol. The van der Waals surface area contributed by atoms with E-state index in [1.807, 2.05) is 42.5 Å². The van der Waals surface area contributed by atoms with Gasteiger partial charge in [-0.15, -0.1) is 0 Å². The molecule has 30 heavy (non-hydrogen) atoms. The summed E-state index contributed by atoms with van der Waals surface area (Å²) in [6.45, 7) is 1.13. The van der Waals surface area contributed by atoms with Gasteiger partial charge in [-0.05, 0) is 24.0 Å². The van der Waals surface area contributed by atoms with Gasteiger partial charge in [0.05, 0.1) is 0 Å². The van der Waals surface area contributed by atoms with Crippen molar-refractivity contribution in [3.05, 3.63) is 60.5 Å². The van der Waals surface area contributed by atoms with E-state index < -0.39 is 0 Å². The lowest BCUT2D eigenvalue weighted by Gasteiger charge is -2.30. The predicted octanol–water partition coefficient (Wildman–Crippen LogP) is 3.06. The third-order valence-electron chi connectivity index (χ3n) is 5.52. The molecule has 0 unspecified atom stereocenters. The van der Waals surface area contributed by atoms with E-state index in [0.29, 0.717) is 50.5 Å². The number of nitrogens with two attached hydrogens (primary N) is 1. The number of rotatable bonds is 6. The lowest BCUT2D eigenvalue weighted by molar-refractivity contribution is -0.134. The topological polar surface area (TPSA) is 102 Å². The highest BCUT2D eigenvalue weighted by molar-refractivity contribution is 5.79. The average Bonchev–Trinajstić information content (AvgIpc) is 3.27. The van der Waals surface area contributed by atoms with Crippen LogP contribution in [0.3, 0.4) is 0 Å². The number of hydrogen-bond donors (Lipinski definition) is 1. The maximum Gasteiger partial charge on any atom is 0.227 e. The van der Waals surface area contributed by atoms with Crippen molar-refractivity contribution in [1.29, 1.82) is 0 Å². The van der Waals surface area contributed by atoms with Crippen molar-refractivity contribution in [1.82, 2.24) is 15.0 Å². The van der Waals surface area contributed by atoms with E-state index >= 15 is 0 Å². The number of amides is 2. The van der Waals surface area contributed by atoms with E-state index in [4.69, 9.17) is 10.3 Å². The first kappa shape index (κ1) is 19.8. The zero-order valence-electron chi connectivity index (χ0n) is 16.7. The first-order chi connectivity index (χ1) is 14.6.